The van der Waals surface area contributed by atoms with Crippen LogP contribution in [0.5, 0.6) is 5.75 Å². The van der Waals surface area contributed by atoms with Crippen molar-refractivity contribution >= 4 is 17.5 Å². The third kappa shape index (κ3) is 2.88. The largest absolute Gasteiger partial charge is 1.00 e. The normalized spacial score (nSPS) is 13.2. The maximum atomic E-state index is 5.44. The lowest BCUT2D eigenvalue weighted by Crippen LogP contribution is -3.00. The number of halogens is 1. The molecule has 0 fully saturated rings. The molecule has 0 N–H and O–H groups in total. The highest BCUT2D eigenvalue weighted by Crippen LogP contribution is 2.24. The van der Waals surface area contributed by atoms with E-state index in [4.69, 9.17) is 4.74 Å². The summed E-state index contributed by atoms with van der Waals surface area (Å²) in [6.45, 7) is 4.56. The Bertz CT molecular complexity index is 624. The molecular formula is C13H14BrN4OS-. The molecule has 0 bridgehead atoms. The van der Waals surface area contributed by atoms with E-state index in [1.165, 1.54) is 0 Å². The molecule has 0 atom stereocenters. The van der Waals surface area contributed by atoms with Gasteiger partial charge < -0.3 is 21.7 Å². The molecule has 0 radical (unpaired) electrons. The van der Waals surface area contributed by atoms with Crippen molar-refractivity contribution in [2.75, 3.05) is 12.4 Å². The molecule has 7 heteroatoms. The van der Waals surface area contributed by atoms with Gasteiger partial charge in [0, 0.05) is 5.75 Å². The summed E-state index contributed by atoms with van der Waals surface area (Å²) in [5.74, 6) is 2.51. The predicted octanol–water partition coefficient (Wildman–Crippen LogP) is -0.653. The molecule has 2 aromatic rings. The molecule has 0 aliphatic carbocycles. The van der Waals surface area contributed by atoms with Gasteiger partial charge in [0.1, 0.15) is 5.75 Å². The van der Waals surface area contributed by atoms with E-state index in [0.29, 0.717) is 6.61 Å². The number of benzene rings is 1. The zero-order valence-electron chi connectivity index (χ0n) is 11.2. The summed E-state index contributed by atoms with van der Waals surface area (Å²) in [7, 11) is 0. The van der Waals surface area contributed by atoms with E-state index in [1.54, 1.807) is 16.4 Å². The van der Waals surface area contributed by atoms with Gasteiger partial charge in [-0.1, -0.05) is 11.8 Å². The molecule has 1 aliphatic rings. The van der Waals surface area contributed by atoms with E-state index < -0.39 is 0 Å². The SMILES string of the molecule is CCOc1ccc(C2=Nn3c(C)nnc3SC2)cc1.[Br-]. The highest BCUT2D eigenvalue weighted by atomic mass is 79.9. The van der Waals surface area contributed by atoms with Crippen molar-refractivity contribution < 1.29 is 21.7 Å². The molecule has 106 valence electrons. The molecule has 2 heterocycles. The van der Waals surface area contributed by atoms with Crippen LogP contribution in [-0.4, -0.2) is 32.9 Å². The van der Waals surface area contributed by atoms with E-state index in [1.807, 2.05) is 38.1 Å². The van der Waals surface area contributed by atoms with E-state index >= 15 is 0 Å². The van der Waals surface area contributed by atoms with Crippen molar-refractivity contribution in [2.24, 2.45) is 5.10 Å². The van der Waals surface area contributed by atoms with Gasteiger partial charge in [-0.05, 0) is 43.7 Å². The molecule has 20 heavy (non-hydrogen) atoms. The van der Waals surface area contributed by atoms with Gasteiger partial charge in [0.25, 0.3) is 0 Å². The average Bonchev–Trinajstić information content (AvgIpc) is 2.81. The van der Waals surface area contributed by atoms with Gasteiger partial charge in [-0.3, -0.25) is 0 Å². The minimum atomic E-state index is 0. The topological polar surface area (TPSA) is 52.3 Å². The number of hydrogen-bond donors (Lipinski definition) is 0. The Morgan fingerprint density at radius 3 is 2.70 bits per heavy atom. The third-order valence-electron chi connectivity index (χ3n) is 2.83. The third-order valence-corrected chi connectivity index (χ3v) is 3.76. The minimum absolute atomic E-state index is 0. The summed E-state index contributed by atoms with van der Waals surface area (Å²) < 4.78 is 7.23. The van der Waals surface area contributed by atoms with Crippen LogP contribution in [0.4, 0.5) is 0 Å². The lowest BCUT2D eigenvalue weighted by Gasteiger charge is -2.13. The van der Waals surface area contributed by atoms with Gasteiger partial charge >= 0.3 is 0 Å². The number of hydrogen-bond acceptors (Lipinski definition) is 5. The Labute approximate surface area is 132 Å². The maximum Gasteiger partial charge on any atom is 0.212 e. The second-order valence-corrected chi connectivity index (χ2v) is 5.08. The molecule has 5 nitrogen and oxygen atoms in total. The summed E-state index contributed by atoms with van der Waals surface area (Å²) in [6, 6.07) is 8.02. The van der Waals surface area contributed by atoms with Crippen LogP contribution in [0, 0.1) is 6.92 Å². The fourth-order valence-corrected chi connectivity index (χ4v) is 2.76. The van der Waals surface area contributed by atoms with Gasteiger partial charge in [-0.2, -0.15) is 9.78 Å². The highest BCUT2D eigenvalue weighted by Gasteiger charge is 2.17. The van der Waals surface area contributed by atoms with Crippen LogP contribution in [0.1, 0.15) is 18.3 Å². The Morgan fingerprint density at radius 2 is 2.00 bits per heavy atom. The molecule has 0 unspecified atom stereocenters. The predicted molar refractivity (Wildman–Crippen MR) is 75.0 cm³/mol. The second-order valence-electron chi connectivity index (χ2n) is 4.13. The first kappa shape index (κ1) is 15.1. The van der Waals surface area contributed by atoms with E-state index in [2.05, 4.69) is 15.3 Å². The van der Waals surface area contributed by atoms with Crippen molar-refractivity contribution in [3.05, 3.63) is 35.7 Å². The fraction of sp³-hybridized carbons (Fsp3) is 0.308. The summed E-state index contributed by atoms with van der Waals surface area (Å²) in [5, 5.41) is 13.6. The van der Waals surface area contributed by atoms with Crippen LogP contribution in [0.15, 0.2) is 34.5 Å². The van der Waals surface area contributed by atoms with Crippen LogP contribution in [0.2, 0.25) is 0 Å². The molecule has 1 aromatic heterocycles. The number of aromatic nitrogens is 3. The number of thioether (sulfide) groups is 1. The summed E-state index contributed by atoms with van der Waals surface area (Å²) in [5.41, 5.74) is 2.14. The monoisotopic (exact) mass is 353 g/mol. The Balaban J connectivity index is 0.00000147. The molecule has 0 saturated carbocycles. The van der Waals surface area contributed by atoms with Gasteiger partial charge in [0.05, 0.1) is 12.3 Å². The van der Waals surface area contributed by atoms with Gasteiger partial charge in [-0.15, -0.1) is 10.2 Å². The van der Waals surface area contributed by atoms with Gasteiger partial charge in [0.15, 0.2) is 5.82 Å². The minimum Gasteiger partial charge on any atom is -1.00 e. The van der Waals surface area contributed by atoms with Crippen molar-refractivity contribution in [2.45, 2.75) is 19.0 Å². The van der Waals surface area contributed by atoms with Crippen molar-refractivity contribution in [1.29, 1.82) is 0 Å². The zero-order chi connectivity index (χ0) is 13.2. The van der Waals surface area contributed by atoms with Crippen LogP contribution in [0.25, 0.3) is 0 Å². The number of ether oxygens (including phenoxy) is 1. The number of aryl methyl sites for hydroxylation is 1. The van der Waals surface area contributed by atoms with Gasteiger partial charge in [-0.25, -0.2) is 0 Å². The fourth-order valence-electron chi connectivity index (χ4n) is 1.88. The van der Waals surface area contributed by atoms with Crippen molar-refractivity contribution in [1.82, 2.24) is 14.9 Å². The first-order valence-electron chi connectivity index (χ1n) is 6.14. The molecule has 3 rings (SSSR count). The van der Waals surface area contributed by atoms with Crippen LogP contribution in [-0.2, 0) is 0 Å². The molecule has 0 amide bonds. The standard InChI is InChI=1S/C13H14N4OS.BrH/c1-3-18-11-6-4-10(5-7-11)12-8-19-13-15-14-9(2)17(13)16-12;/h4-7H,3,8H2,1-2H3;1H/p-1. The van der Waals surface area contributed by atoms with E-state index in [0.717, 1.165) is 33.8 Å². The molecular weight excluding hydrogens is 340 g/mol. The molecule has 1 aromatic carbocycles. The highest BCUT2D eigenvalue weighted by molar-refractivity contribution is 7.99. The first-order chi connectivity index (χ1) is 9.28. The summed E-state index contributed by atoms with van der Waals surface area (Å²) in [6.07, 6.45) is 0. The first-order valence-corrected chi connectivity index (χ1v) is 7.12. The lowest BCUT2D eigenvalue weighted by molar-refractivity contribution is -0.00000461. The van der Waals surface area contributed by atoms with E-state index in [-0.39, 0.29) is 17.0 Å². The van der Waals surface area contributed by atoms with Crippen LogP contribution >= 0.6 is 11.8 Å². The number of fused-ring (bicyclic) bond motifs is 1. The molecule has 0 spiro atoms. The van der Waals surface area contributed by atoms with E-state index in [9.17, 15) is 0 Å². The number of nitrogens with zero attached hydrogens (tertiary/aromatic N) is 4. The van der Waals surface area contributed by atoms with Gasteiger partial charge in [0.2, 0.25) is 5.16 Å². The quantitative estimate of drug-likeness (QED) is 0.735. The van der Waals surface area contributed by atoms with Crippen LogP contribution < -0.4 is 21.7 Å². The summed E-state index contributed by atoms with van der Waals surface area (Å²) >= 11 is 1.65. The Kier molecular flexibility index (Phi) is 4.82. The Morgan fingerprint density at radius 1 is 1.25 bits per heavy atom. The summed E-state index contributed by atoms with van der Waals surface area (Å²) in [4.78, 5) is 0. The van der Waals surface area contributed by atoms with Crippen LogP contribution in [0.3, 0.4) is 0 Å². The second kappa shape index (κ2) is 6.41. The van der Waals surface area contributed by atoms with Crippen molar-refractivity contribution in [3.8, 4) is 5.75 Å². The Hall–Kier alpha value is -1.34. The molecule has 1 aliphatic heterocycles. The average molecular weight is 354 g/mol. The van der Waals surface area contributed by atoms with Crippen molar-refractivity contribution in [3.63, 3.8) is 0 Å². The maximum absolute atomic E-state index is 5.44. The number of rotatable bonds is 3. The zero-order valence-corrected chi connectivity index (χ0v) is 13.6. The smallest absolute Gasteiger partial charge is 0.212 e. The lowest BCUT2D eigenvalue weighted by atomic mass is 10.1. The molecule has 0 saturated heterocycles.